The van der Waals surface area contributed by atoms with E-state index in [4.69, 9.17) is 0 Å². The summed E-state index contributed by atoms with van der Waals surface area (Å²) in [4.78, 5) is 17.0. The highest BCUT2D eigenvalue weighted by atomic mass is 79.9. The zero-order valence-electron chi connectivity index (χ0n) is 13.6. The van der Waals surface area contributed by atoms with E-state index in [-0.39, 0.29) is 6.03 Å². The molecule has 3 rings (SSSR count). The van der Waals surface area contributed by atoms with Crippen LogP contribution in [0.3, 0.4) is 0 Å². The second-order valence-electron chi connectivity index (χ2n) is 6.70. The summed E-state index contributed by atoms with van der Waals surface area (Å²) in [6.45, 7) is 5.49. The van der Waals surface area contributed by atoms with Gasteiger partial charge in [-0.15, -0.1) is 0 Å². The number of likely N-dealkylation sites (tertiary alicyclic amines) is 2. The van der Waals surface area contributed by atoms with Crippen LogP contribution in [-0.4, -0.2) is 48.6 Å². The highest BCUT2D eigenvalue weighted by Gasteiger charge is 2.25. The zero-order valence-corrected chi connectivity index (χ0v) is 15.2. The minimum Gasteiger partial charge on any atom is -0.325 e. The Morgan fingerprint density at radius 2 is 1.78 bits per heavy atom. The molecule has 2 aliphatic heterocycles. The van der Waals surface area contributed by atoms with Gasteiger partial charge in [0.05, 0.1) is 5.69 Å². The Morgan fingerprint density at radius 3 is 2.48 bits per heavy atom. The Morgan fingerprint density at radius 1 is 1.09 bits per heavy atom. The third-order valence-electron chi connectivity index (χ3n) is 4.98. The molecule has 2 aliphatic rings. The van der Waals surface area contributed by atoms with Crippen molar-refractivity contribution in [2.24, 2.45) is 5.92 Å². The fraction of sp³-hybridized carbons (Fsp3) is 0.611. The molecule has 2 amide bonds. The van der Waals surface area contributed by atoms with Crippen LogP contribution in [-0.2, 0) is 0 Å². The monoisotopic (exact) mass is 379 g/mol. The second kappa shape index (κ2) is 8.15. The normalized spacial score (nSPS) is 20.5. The van der Waals surface area contributed by atoms with Crippen LogP contribution in [0.5, 0.6) is 0 Å². The van der Waals surface area contributed by atoms with E-state index in [0.29, 0.717) is 0 Å². The number of piperidine rings is 2. The Balaban J connectivity index is 1.45. The van der Waals surface area contributed by atoms with Crippen LogP contribution in [0.4, 0.5) is 10.5 Å². The Bertz CT molecular complexity index is 523. The molecule has 4 nitrogen and oxygen atoms in total. The summed E-state index contributed by atoms with van der Waals surface area (Å²) in [6.07, 6.45) is 6.35. The molecular formula is C18H26BrN3O. The molecule has 2 saturated heterocycles. The summed E-state index contributed by atoms with van der Waals surface area (Å²) in [5.41, 5.74) is 0.841. The van der Waals surface area contributed by atoms with Crippen molar-refractivity contribution >= 4 is 27.6 Å². The van der Waals surface area contributed by atoms with Gasteiger partial charge in [-0.2, -0.15) is 0 Å². The van der Waals surface area contributed by atoms with E-state index >= 15 is 0 Å². The molecule has 1 N–H and O–H groups in total. The van der Waals surface area contributed by atoms with Gasteiger partial charge in [0.1, 0.15) is 0 Å². The highest BCUT2D eigenvalue weighted by molar-refractivity contribution is 9.10. The second-order valence-corrected chi connectivity index (χ2v) is 7.56. The quantitative estimate of drug-likeness (QED) is 0.854. The van der Waals surface area contributed by atoms with Gasteiger partial charge in [-0.1, -0.05) is 18.6 Å². The van der Waals surface area contributed by atoms with Crippen LogP contribution in [0, 0.1) is 5.92 Å². The summed E-state index contributed by atoms with van der Waals surface area (Å²) >= 11 is 3.47. The van der Waals surface area contributed by atoms with Crippen LogP contribution >= 0.6 is 15.9 Å². The van der Waals surface area contributed by atoms with Gasteiger partial charge in [0, 0.05) is 24.1 Å². The van der Waals surface area contributed by atoms with Crippen molar-refractivity contribution in [3.05, 3.63) is 28.7 Å². The van der Waals surface area contributed by atoms with Crippen molar-refractivity contribution < 1.29 is 4.79 Å². The average Bonchev–Trinajstić information content (AvgIpc) is 2.58. The van der Waals surface area contributed by atoms with E-state index in [1.165, 1.54) is 38.9 Å². The Labute approximate surface area is 147 Å². The molecule has 1 aromatic rings. The molecule has 0 spiro atoms. The van der Waals surface area contributed by atoms with E-state index in [1.54, 1.807) is 0 Å². The number of amides is 2. The molecule has 0 aromatic heterocycles. The third-order valence-corrected chi connectivity index (χ3v) is 5.67. The smallest absolute Gasteiger partial charge is 0.321 e. The Hall–Kier alpha value is -1.07. The fourth-order valence-corrected chi connectivity index (χ4v) is 3.97. The number of benzene rings is 1. The standard InChI is InChI=1S/C18H26BrN3O/c19-16-6-2-3-7-17(16)20-18(23)22-12-8-15(9-13-22)14-21-10-4-1-5-11-21/h2-3,6-7,15H,1,4-5,8-14H2,(H,20,23). The maximum Gasteiger partial charge on any atom is 0.321 e. The number of carbonyl (C=O) groups excluding carboxylic acids is 1. The largest absolute Gasteiger partial charge is 0.325 e. The summed E-state index contributed by atoms with van der Waals surface area (Å²) in [5.74, 6) is 0.751. The van der Waals surface area contributed by atoms with Gasteiger partial charge in [0.2, 0.25) is 0 Å². The number of hydrogen-bond acceptors (Lipinski definition) is 2. The Kier molecular flexibility index (Phi) is 5.95. The lowest BCUT2D eigenvalue weighted by Crippen LogP contribution is -2.44. The van der Waals surface area contributed by atoms with Crippen molar-refractivity contribution in [3.63, 3.8) is 0 Å². The molecule has 1 aromatic carbocycles. The lowest BCUT2D eigenvalue weighted by Gasteiger charge is -2.36. The summed E-state index contributed by atoms with van der Waals surface area (Å²) in [6, 6.07) is 7.77. The van der Waals surface area contributed by atoms with Crippen LogP contribution in [0.15, 0.2) is 28.7 Å². The van der Waals surface area contributed by atoms with Crippen LogP contribution < -0.4 is 5.32 Å². The SMILES string of the molecule is O=C(Nc1ccccc1Br)N1CCC(CN2CCCCC2)CC1. The first kappa shape index (κ1) is 16.8. The number of halogens is 1. The van der Waals surface area contributed by atoms with E-state index in [0.717, 1.165) is 42.0 Å². The maximum absolute atomic E-state index is 12.4. The number of para-hydroxylation sites is 1. The summed E-state index contributed by atoms with van der Waals surface area (Å²) < 4.78 is 0.924. The third kappa shape index (κ3) is 4.70. The molecule has 5 heteroatoms. The van der Waals surface area contributed by atoms with Crippen LogP contribution in [0.2, 0.25) is 0 Å². The van der Waals surface area contributed by atoms with Crippen molar-refractivity contribution in [1.29, 1.82) is 0 Å². The molecule has 0 radical (unpaired) electrons. The molecule has 2 fully saturated rings. The minimum absolute atomic E-state index is 0.0216. The molecule has 126 valence electrons. The number of rotatable bonds is 3. The number of hydrogen-bond donors (Lipinski definition) is 1. The first-order valence-corrected chi connectivity index (χ1v) is 9.54. The van der Waals surface area contributed by atoms with Gasteiger partial charge in [0.25, 0.3) is 0 Å². The number of anilines is 1. The van der Waals surface area contributed by atoms with Gasteiger partial charge in [-0.25, -0.2) is 4.79 Å². The lowest BCUT2D eigenvalue weighted by atomic mass is 9.95. The molecule has 0 unspecified atom stereocenters. The predicted octanol–water partition coefficient (Wildman–Crippen LogP) is 4.18. The average molecular weight is 380 g/mol. The minimum atomic E-state index is 0.0216. The van der Waals surface area contributed by atoms with Crippen molar-refractivity contribution in [1.82, 2.24) is 9.80 Å². The van der Waals surface area contributed by atoms with Gasteiger partial charge >= 0.3 is 6.03 Å². The molecule has 0 aliphatic carbocycles. The number of urea groups is 1. The molecule has 0 atom stereocenters. The van der Waals surface area contributed by atoms with Crippen molar-refractivity contribution in [2.45, 2.75) is 32.1 Å². The summed E-state index contributed by atoms with van der Waals surface area (Å²) in [5, 5.41) is 3.01. The zero-order chi connectivity index (χ0) is 16.1. The van der Waals surface area contributed by atoms with Crippen LogP contribution in [0.1, 0.15) is 32.1 Å². The lowest BCUT2D eigenvalue weighted by molar-refractivity contribution is 0.142. The van der Waals surface area contributed by atoms with Gasteiger partial charge in [0.15, 0.2) is 0 Å². The van der Waals surface area contributed by atoms with Crippen LogP contribution in [0.25, 0.3) is 0 Å². The molecule has 0 bridgehead atoms. The van der Waals surface area contributed by atoms with Gasteiger partial charge < -0.3 is 15.1 Å². The topological polar surface area (TPSA) is 35.6 Å². The van der Waals surface area contributed by atoms with Gasteiger partial charge in [-0.05, 0) is 72.8 Å². The summed E-state index contributed by atoms with van der Waals surface area (Å²) in [7, 11) is 0. The highest BCUT2D eigenvalue weighted by Crippen LogP contribution is 2.24. The van der Waals surface area contributed by atoms with E-state index in [1.807, 2.05) is 29.2 Å². The molecular weight excluding hydrogens is 354 g/mol. The van der Waals surface area contributed by atoms with E-state index < -0.39 is 0 Å². The fourth-order valence-electron chi connectivity index (χ4n) is 3.58. The molecule has 0 saturated carbocycles. The molecule has 23 heavy (non-hydrogen) atoms. The number of carbonyl (C=O) groups is 1. The number of nitrogens with zero attached hydrogens (tertiary/aromatic N) is 2. The first-order valence-electron chi connectivity index (χ1n) is 8.75. The van der Waals surface area contributed by atoms with E-state index in [2.05, 4.69) is 26.1 Å². The molecule has 2 heterocycles. The number of nitrogens with one attached hydrogen (secondary N) is 1. The maximum atomic E-state index is 12.4. The van der Waals surface area contributed by atoms with E-state index in [9.17, 15) is 4.79 Å². The first-order chi connectivity index (χ1) is 11.2. The van der Waals surface area contributed by atoms with Crippen molar-refractivity contribution in [2.75, 3.05) is 38.0 Å². The van der Waals surface area contributed by atoms with Crippen molar-refractivity contribution in [3.8, 4) is 0 Å². The van der Waals surface area contributed by atoms with Gasteiger partial charge in [-0.3, -0.25) is 0 Å². The predicted molar refractivity (Wildman–Crippen MR) is 97.7 cm³/mol.